The van der Waals surface area contributed by atoms with Crippen LogP contribution in [0.25, 0.3) is 0 Å². The second kappa shape index (κ2) is 9.82. The van der Waals surface area contributed by atoms with Crippen LogP contribution in [-0.2, 0) is 16.6 Å². The molecule has 0 spiro atoms. The van der Waals surface area contributed by atoms with Crippen LogP contribution < -0.4 is 25.0 Å². The SMILES string of the molecule is CNS(=O)(=O)c1cccc(CNC(=O)NC2CCN(c3ccc(OC)cc3)CC2)c1. The van der Waals surface area contributed by atoms with E-state index in [9.17, 15) is 13.2 Å². The maximum atomic E-state index is 12.3. The first-order valence-corrected chi connectivity index (χ1v) is 11.4. The van der Waals surface area contributed by atoms with Crippen molar-refractivity contribution in [3.05, 3.63) is 54.1 Å². The largest absolute Gasteiger partial charge is 0.497 e. The maximum Gasteiger partial charge on any atom is 0.315 e. The fourth-order valence-electron chi connectivity index (χ4n) is 3.43. The summed E-state index contributed by atoms with van der Waals surface area (Å²) < 4.78 is 31.3. The smallest absolute Gasteiger partial charge is 0.315 e. The third-order valence-electron chi connectivity index (χ3n) is 5.20. The van der Waals surface area contributed by atoms with Gasteiger partial charge in [-0.3, -0.25) is 0 Å². The Hall–Kier alpha value is -2.78. The molecule has 2 aromatic carbocycles. The highest BCUT2D eigenvalue weighted by atomic mass is 32.2. The highest BCUT2D eigenvalue weighted by Gasteiger charge is 2.21. The van der Waals surface area contributed by atoms with Gasteiger partial charge in [0.2, 0.25) is 10.0 Å². The van der Waals surface area contributed by atoms with Crippen LogP contribution in [0, 0.1) is 0 Å². The maximum absolute atomic E-state index is 12.3. The molecular formula is C21H28N4O4S. The van der Waals surface area contributed by atoms with E-state index >= 15 is 0 Å². The third kappa shape index (κ3) is 5.64. The molecule has 162 valence electrons. The van der Waals surface area contributed by atoms with E-state index < -0.39 is 10.0 Å². The fourth-order valence-corrected chi connectivity index (χ4v) is 4.23. The normalized spacial score (nSPS) is 14.9. The lowest BCUT2D eigenvalue weighted by atomic mass is 10.0. The molecular weight excluding hydrogens is 404 g/mol. The molecule has 1 fully saturated rings. The van der Waals surface area contributed by atoms with Gasteiger partial charge in [0.15, 0.2) is 0 Å². The van der Waals surface area contributed by atoms with Crippen molar-refractivity contribution in [3.8, 4) is 5.75 Å². The van der Waals surface area contributed by atoms with Crippen LogP contribution in [0.1, 0.15) is 18.4 Å². The van der Waals surface area contributed by atoms with Gasteiger partial charge in [0, 0.05) is 31.4 Å². The molecule has 2 aromatic rings. The molecule has 0 aromatic heterocycles. The Balaban J connectivity index is 1.45. The van der Waals surface area contributed by atoms with E-state index in [0.717, 1.165) is 42.9 Å². The van der Waals surface area contributed by atoms with Gasteiger partial charge in [-0.1, -0.05) is 12.1 Å². The summed E-state index contributed by atoms with van der Waals surface area (Å²) >= 11 is 0. The predicted octanol–water partition coefficient (Wildman–Crippen LogP) is 2.07. The van der Waals surface area contributed by atoms with Crippen molar-refractivity contribution in [2.75, 3.05) is 32.1 Å². The van der Waals surface area contributed by atoms with Crippen LogP contribution in [0.4, 0.5) is 10.5 Å². The lowest BCUT2D eigenvalue weighted by Crippen LogP contribution is -2.47. The Morgan fingerprint density at radius 1 is 1.13 bits per heavy atom. The Morgan fingerprint density at radius 3 is 2.47 bits per heavy atom. The first kappa shape index (κ1) is 21.9. The molecule has 1 aliphatic rings. The molecule has 0 atom stereocenters. The first-order chi connectivity index (χ1) is 14.4. The number of hydrogen-bond donors (Lipinski definition) is 3. The number of carbonyl (C=O) groups is 1. The zero-order valence-electron chi connectivity index (χ0n) is 17.2. The number of rotatable bonds is 7. The number of benzene rings is 2. The lowest BCUT2D eigenvalue weighted by molar-refractivity contribution is 0.234. The number of piperidine rings is 1. The number of carbonyl (C=O) groups excluding carboxylic acids is 1. The number of nitrogens with one attached hydrogen (secondary N) is 3. The molecule has 1 aliphatic heterocycles. The molecule has 1 heterocycles. The van der Waals surface area contributed by atoms with Crippen molar-refractivity contribution >= 4 is 21.7 Å². The molecule has 0 unspecified atom stereocenters. The van der Waals surface area contributed by atoms with E-state index in [2.05, 4.69) is 20.3 Å². The van der Waals surface area contributed by atoms with Crippen LogP contribution in [0.3, 0.4) is 0 Å². The van der Waals surface area contributed by atoms with Crippen LogP contribution in [0.5, 0.6) is 5.75 Å². The van der Waals surface area contributed by atoms with Gasteiger partial charge in [0.05, 0.1) is 12.0 Å². The summed E-state index contributed by atoms with van der Waals surface area (Å²) in [5.41, 5.74) is 1.87. The molecule has 30 heavy (non-hydrogen) atoms. The molecule has 9 heteroatoms. The third-order valence-corrected chi connectivity index (χ3v) is 6.61. The van der Waals surface area contributed by atoms with Crippen molar-refractivity contribution in [2.45, 2.75) is 30.3 Å². The molecule has 0 radical (unpaired) electrons. The van der Waals surface area contributed by atoms with Gasteiger partial charge in [-0.2, -0.15) is 0 Å². The Bertz CT molecular complexity index is 955. The van der Waals surface area contributed by atoms with Crippen molar-refractivity contribution in [1.82, 2.24) is 15.4 Å². The van der Waals surface area contributed by atoms with E-state index in [4.69, 9.17) is 4.74 Å². The van der Waals surface area contributed by atoms with Crippen LogP contribution >= 0.6 is 0 Å². The van der Waals surface area contributed by atoms with Crippen molar-refractivity contribution in [1.29, 1.82) is 0 Å². The highest BCUT2D eigenvalue weighted by molar-refractivity contribution is 7.89. The molecule has 8 nitrogen and oxygen atoms in total. The molecule has 1 saturated heterocycles. The summed E-state index contributed by atoms with van der Waals surface area (Å²) in [5.74, 6) is 0.834. The molecule has 0 bridgehead atoms. The quantitative estimate of drug-likeness (QED) is 0.622. The summed E-state index contributed by atoms with van der Waals surface area (Å²) in [5, 5.41) is 5.81. The van der Waals surface area contributed by atoms with Gasteiger partial charge in [0.25, 0.3) is 0 Å². The molecule has 0 aliphatic carbocycles. The van der Waals surface area contributed by atoms with Crippen LogP contribution in [-0.4, -0.2) is 47.7 Å². The summed E-state index contributed by atoms with van der Waals surface area (Å²) in [6.45, 7) is 1.98. The standard InChI is InChI=1S/C21H28N4O4S/c1-22-30(27,28)20-5-3-4-16(14-20)15-23-21(26)24-17-10-12-25(13-11-17)18-6-8-19(29-2)9-7-18/h3-9,14,17,22H,10-13,15H2,1-2H3,(H2,23,24,26). The van der Waals surface area contributed by atoms with Gasteiger partial charge in [-0.15, -0.1) is 0 Å². The summed E-state index contributed by atoms with van der Waals surface area (Å²) in [4.78, 5) is 14.7. The Morgan fingerprint density at radius 2 is 1.83 bits per heavy atom. The van der Waals surface area contributed by atoms with Gasteiger partial charge >= 0.3 is 6.03 Å². The van der Waals surface area contributed by atoms with Gasteiger partial charge in [-0.25, -0.2) is 17.9 Å². The van der Waals surface area contributed by atoms with Crippen molar-refractivity contribution in [2.24, 2.45) is 0 Å². The molecule has 3 N–H and O–H groups in total. The van der Waals surface area contributed by atoms with Crippen LogP contribution in [0.15, 0.2) is 53.4 Å². The first-order valence-electron chi connectivity index (χ1n) is 9.87. The van der Waals surface area contributed by atoms with E-state index in [1.807, 2.05) is 24.3 Å². The average molecular weight is 433 g/mol. The lowest BCUT2D eigenvalue weighted by Gasteiger charge is -2.34. The summed E-state index contributed by atoms with van der Waals surface area (Å²) in [7, 11) is -0.484. The van der Waals surface area contributed by atoms with E-state index in [1.165, 1.54) is 13.1 Å². The van der Waals surface area contributed by atoms with Gasteiger partial charge in [0.1, 0.15) is 5.75 Å². The minimum Gasteiger partial charge on any atom is -0.497 e. The number of sulfonamides is 1. The topological polar surface area (TPSA) is 99.8 Å². The minimum absolute atomic E-state index is 0.107. The number of urea groups is 1. The summed E-state index contributed by atoms with van der Waals surface area (Å²) in [6.07, 6.45) is 1.71. The monoisotopic (exact) mass is 432 g/mol. The molecule has 0 saturated carbocycles. The van der Waals surface area contributed by atoms with Gasteiger partial charge in [-0.05, 0) is 61.9 Å². The van der Waals surface area contributed by atoms with E-state index in [0.29, 0.717) is 0 Å². The number of anilines is 1. The number of hydrogen-bond acceptors (Lipinski definition) is 5. The Labute approximate surface area is 177 Å². The van der Waals surface area contributed by atoms with Crippen LogP contribution in [0.2, 0.25) is 0 Å². The molecule has 3 rings (SSSR count). The van der Waals surface area contributed by atoms with E-state index in [1.54, 1.807) is 25.3 Å². The number of methoxy groups -OCH3 is 1. The zero-order chi connectivity index (χ0) is 21.6. The minimum atomic E-state index is -3.50. The van der Waals surface area contributed by atoms with Gasteiger partial charge < -0.3 is 20.3 Å². The van der Waals surface area contributed by atoms with Crippen molar-refractivity contribution < 1.29 is 17.9 Å². The average Bonchev–Trinajstić information content (AvgIpc) is 2.78. The molecule has 2 amide bonds. The zero-order valence-corrected chi connectivity index (χ0v) is 18.0. The second-order valence-electron chi connectivity index (χ2n) is 7.14. The fraction of sp³-hybridized carbons (Fsp3) is 0.381. The second-order valence-corrected chi connectivity index (χ2v) is 9.03. The number of amides is 2. The highest BCUT2D eigenvalue weighted by Crippen LogP contribution is 2.22. The Kier molecular flexibility index (Phi) is 7.17. The number of nitrogens with zero attached hydrogens (tertiary/aromatic N) is 1. The van der Waals surface area contributed by atoms with Crippen molar-refractivity contribution in [3.63, 3.8) is 0 Å². The summed E-state index contributed by atoms with van der Waals surface area (Å²) in [6, 6.07) is 14.4. The predicted molar refractivity (Wildman–Crippen MR) is 116 cm³/mol. The number of ether oxygens (including phenoxy) is 1. The van der Waals surface area contributed by atoms with E-state index in [-0.39, 0.29) is 23.5 Å².